The Labute approximate surface area is 173 Å². The smallest absolute Gasteiger partial charge is 0.254 e. The third-order valence-electron chi connectivity index (χ3n) is 4.84. The van der Waals surface area contributed by atoms with Crippen LogP contribution in [0.25, 0.3) is 0 Å². The number of carbonyl (C=O) groups is 3. The summed E-state index contributed by atoms with van der Waals surface area (Å²) in [6.45, 7) is 12.2. The predicted molar refractivity (Wildman–Crippen MR) is 113 cm³/mol. The number of rotatable bonds is 5. The first-order valence-electron chi connectivity index (χ1n) is 10.2. The molecule has 1 saturated heterocycles. The van der Waals surface area contributed by atoms with Crippen molar-refractivity contribution in [1.82, 2.24) is 10.2 Å². The second kappa shape index (κ2) is 9.39. The Hall–Kier alpha value is -2.41. The molecule has 1 aromatic carbocycles. The molecule has 0 unspecified atom stereocenters. The van der Waals surface area contributed by atoms with Crippen molar-refractivity contribution >= 4 is 23.4 Å². The van der Waals surface area contributed by atoms with Crippen LogP contribution in [0.1, 0.15) is 58.3 Å². The highest BCUT2D eigenvalue weighted by Crippen LogP contribution is 2.21. The number of benzene rings is 1. The van der Waals surface area contributed by atoms with Gasteiger partial charge in [0.25, 0.3) is 5.91 Å². The monoisotopic (exact) mass is 403 g/mol. The van der Waals surface area contributed by atoms with Gasteiger partial charge in [-0.2, -0.15) is 0 Å². The van der Waals surface area contributed by atoms with Crippen LogP contribution in [0.15, 0.2) is 24.3 Å². The van der Waals surface area contributed by atoms with E-state index in [0.29, 0.717) is 30.8 Å². The first-order chi connectivity index (χ1) is 13.5. The lowest BCUT2D eigenvalue weighted by Crippen LogP contribution is -2.55. The van der Waals surface area contributed by atoms with E-state index < -0.39 is 11.5 Å². The summed E-state index contributed by atoms with van der Waals surface area (Å²) < 4.78 is 5.69. The summed E-state index contributed by atoms with van der Waals surface area (Å²) in [5, 5.41) is 5.66. The number of nitrogens with one attached hydrogen (secondary N) is 2. The van der Waals surface area contributed by atoms with Crippen LogP contribution in [0, 0.1) is 5.41 Å². The van der Waals surface area contributed by atoms with E-state index in [2.05, 4.69) is 10.6 Å². The number of anilines is 1. The van der Waals surface area contributed by atoms with Gasteiger partial charge in [0, 0.05) is 18.5 Å². The molecule has 7 nitrogen and oxygen atoms in total. The molecule has 0 aliphatic carbocycles. The van der Waals surface area contributed by atoms with Crippen molar-refractivity contribution in [3.05, 3.63) is 29.8 Å². The van der Waals surface area contributed by atoms with Crippen LogP contribution in [0.4, 0.5) is 5.69 Å². The van der Waals surface area contributed by atoms with E-state index in [1.54, 1.807) is 49.9 Å². The lowest BCUT2D eigenvalue weighted by molar-refractivity contribution is -0.145. The van der Waals surface area contributed by atoms with Crippen molar-refractivity contribution in [3.8, 4) is 0 Å². The standard InChI is InChI=1S/C22H33N3O4/c1-7-17(20(27)25-12-14(2)29-15(3)13-25)23-19(26)16-10-8-9-11-18(16)24-21(28)22(4,5)6/h8-11,14-15,17H,7,12-13H2,1-6H3,(H,23,26)(H,24,28)/t14-,15+,17-/m1/s1. The zero-order chi connectivity index (χ0) is 21.8. The van der Waals surface area contributed by atoms with E-state index in [4.69, 9.17) is 4.74 Å². The molecule has 1 aliphatic heterocycles. The highest BCUT2D eigenvalue weighted by Gasteiger charge is 2.31. The molecule has 0 radical (unpaired) electrons. The van der Waals surface area contributed by atoms with Crippen molar-refractivity contribution < 1.29 is 19.1 Å². The van der Waals surface area contributed by atoms with Crippen molar-refractivity contribution in [2.24, 2.45) is 5.41 Å². The number of amides is 3. The third kappa shape index (κ3) is 6.03. The lowest BCUT2D eigenvalue weighted by Gasteiger charge is -2.37. The molecule has 1 aromatic rings. The second-order valence-corrected chi connectivity index (χ2v) is 8.68. The Morgan fingerprint density at radius 2 is 1.72 bits per heavy atom. The molecule has 3 atom stereocenters. The average molecular weight is 404 g/mol. The molecule has 2 N–H and O–H groups in total. The van der Waals surface area contributed by atoms with Crippen molar-refractivity contribution in [3.63, 3.8) is 0 Å². The SMILES string of the molecule is CC[C@@H](NC(=O)c1ccccc1NC(=O)C(C)(C)C)C(=O)N1C[C@@H](C)O[C@@H](C)C1. The van der Waals surface area contributed by atoms with E-state index in [0.717, 1.165) is 0 Å². The highest BCUT2D eigenvalue weighted by molar-refractivity contribution is 6.05. The highest BCUT2D eigenvalue weighted by atomic mass is 16.5. The number of nitrogens with zero attached hydrogens (tertiary/aromatic N) is 1. The number of carbonyl (C=O) groups excluding carboxylic acids is 3. The summed E-state index contributed by atoms with van der Waals surface area (Å²) in [6, 6.07) is 6.19. The molecule has 2 rings (SSSR count). The summed E-state index contributed by atoms with van der Waals surface area (Å²) in [7, 11) is 0. The third-order valence-corrected chi connectivity index (χ3v) is 4.84. The van der Waals surface area contributed by atoms with Crippen molar-refractivity contribution in [2.75, 3.05) is 18.4 Å². The minimum atomic E-state index is -0.633. The average Bonchev–Trinajstić information content (AvgIpc) is 2.64. The van der Waals surface area contributed by atoms with E-state index in [-0.39, 0.29) is 29.9 Å². The van der Waals surface area contributed by atoms with Crippen LogP contribution >= 0.6 is 0 Å². The zero-order valence-electron chi connectivity index (χ0n) is 18.2. The summed E-state index contributed by atoms with van der Waals surface area (Å²) in [4.78, 5) is 40.0. The zero-order valence-corrected chi connectivity index (χ0v) is 18.2. The molecular weight excluding hydrogens is 370 g/mol. The summed E-state index contributed by atoms with van der Waals surface area (Å²) in [5.74, 6) is -0.680. The number of ether oxygens (including phenoxy) is 1. The Morgan fingerprint density at radius 1 is 1.14 bits per heavy atom. The minimum absolute atomic E-state index is 0.0377. The van der Waals surface area contributed by atoms with E-state index in [9.17, 15) is 14.4 Å². The van der Waals surface area contributed by atoms with Gasteiger partial charge in [-0.15, -0.1) is 0 Å². The minimum Gasteiger partial charge on any atom is -0.372 e. The Bertz CT molecular complexity index is 747. The summed E-state index contributed by atoms with van der Waals surface area (Å²) in [5.41, 5.74) is 0.177. The number of hydrogen-bond donors (Lipinski definition) is 2. The maximum atomic E-state index is 13.0. The number of para-hydroxylation sites is 1. The van der Waals surface area contributed by atoms with Gasteiger partial charge in [-0.3, -0.25) is 14.4 Å². The van der Waals surface area contributed by atoms with Gasteiger partial charge in [0.05, 0.1) is 23.5 Å². The van der Waals surface area contributed by atoms with Crippen LogP contribution in [0.3, 0.4) is 0 Å². The van der Waals surface area contributed by atoms with Crippen LogP contribution < -0.4 is 10.6 Å². The Morgan fingerprint density at radius 3 is 2.28 bits per heavy atom. The van der Waals surface area contributed by atoms with Gasteiger partial charge in [-0.25, -0.2) is 0 Å². The van der Waals surface area contributed by atoms with E-state index in [1.807, 2.05) is 20.8 Å². The summed E-state index contributed by atoms with van der Waals surface area (Å²) >= 11 is 0. The predicted octanol–water partition coefficient (Wildman–Crippen LogP) is 2.82. The molecule has 0 aromatic heterocycles. The fourth-order valence-corrected chi connectivity index (χ4v) is 3.25. The quantitative estimate of drug-likeness (QED) is 0.791. The summed E-state index contributed by atoms with van der Waals surface area (Å²) in [6.07, 6.45) is 0.398. The second-order valence-electron chi connectivity index (χ2n) is 8.68. The largest absolute Gasteiger partial charge is 0.372 e. The van der Waals surface area contributed by atoms with Crippen LogP contribution in [0.5, 0.6) is 0 Å². The molecular formula is C22H33N3O4. The first kappa shape index (κ1) is 22.9. The molecule has 160 valence electrons. The number of morpholine rings is 1. The van der Waals surface area contributed by atoms with Gasteiger partial charge < -0.3 is 20.3 Å². The molecule has 0 bridgehead atoms. The maximum Gasteiger partial charge on any atom is 0.254 e. The molecule has 0 saturated carbocycles. The normalized spacial score (nSPS) is 20.7. The first-order valence-corrected chi connectivity index (χ1v) is 10.2. The molecule has 1 fully saturated rings. The van der Waals surface area contributed by atoms with Gasteiger partial charge in [0.1, 0.15) is 6.04 Å². The Balaban J connectivity index is 2.14. The van der Waals surface area contributed by atoms with E-state index >= 15 is 0 Å². The molecule has 1 heterocycles. The van der Waals surface area contributed by atoms with Gasteiger partial charge in [0.15, 0.2) is 0 Å². The van der Waals surface area contributed by atoms with Gasteiger partial charge in [-0.1, -0.05) is 39.8 Å². The van der Waals surface area contributed by atoms with E-state index in [1.165, 1.54) is 0 Å². The lowest BCUT2D eigenvalue weighted by atomic mass is 9.95. The Kier molecular flexibility index (Phi) is 7.41. The fraction of sp³-hybridized carbons (Fsp3) is 0.591. The molecule has 0 spiro atoms. The van der Waals surface area contributed by atoms with Crippen LogP contribution in [-0.2, 0) is 14.3 Å². The van der Waals surface area contributed by atoms with Crippen LogP contribution in [0.2, 0.25) is 0 Å². The fourth-order valence-electron chi connectivity index (χ4n) is 3.25. The molecule has 3 amide bonds. The topological polar surface area (TPSA) is 87.7 Å². The maximum absolute atomic E-state index is 13.0. The molecule has 1 aliphatic rings. The molecule has 29 heavy (non-hydrogen) atoms. The number of hydrogen-bond acceptors (Lipinski definition) is 4. The van der Waals surface area contributed by atoms with Gasteiger partial charge in [0.2, 0.25) is 11.8 Å². The van der Waals surface area contributed by atoms with Crippen molar-refractivity contribution in [1.29, 1.82) is 0 Å². The molecule has 7 heteroatoms. The van der Waals surface area contributed by atoms with Gasteiger partial charge in [-0.05, 0) is 32.4 Å². The van der Waals surface area contributed by atoms with Crippen molar-refractivity contribution in [2.45, 2.75) is 66.2 Å². The van der Waals surface area contributed by atoms with Gasteiger partial charge >= 0.3 is 0 Å². The van der Waals surface area contributed by atoms with Crippen LogP contribution in [-0.4, -0.2) is 54.0 Å².